The summed E-state index contributed by atoms with van der Waals surface area (Å²) in [5.74, 6) is 0.506. The van der Waals surface area contributed by atoms with Crippen LogP contribution in [0.2, 0.25) is 0 Å². The van der Waals surface area contributed by atoms with E-state index in [0.717, 1.165) is 12.5 Å². The molecular formula is C14H20N2O. The Morgan fingerprint density at radius 1 is 1.41 bits per heavy atom. The van der Waals surface area contributed by atoms with E-state index in [4.69, 9.17) is 5.73 Å². The number of nitrogens with zero attached hydrogens (tertiary/aromatic N) is 1. The number of rotatable bonds is 6. The third kappa shape index (κ3) is 3.56. The van der Waals surface area contributed by atoms with Crippen molar-refractivity contribution in [1.82, 2.24) is 4.90 Å². The number of hydrogen-bond acceptors (Lipinski definition) is 2. The minimum Gasteiger partial charge on any atom is -0.369 e. The Morgan fingerprint density at radius 2 is 2.06 bits per heavy atom. The van der Waals surface area contributed by atoms with Crippen LogP contribution in [0.5, 0.6) is 0 Å². The van der Waals surface area contributed by atoms with Crippen LogP contribution in [0.25, 0.3) is 0 Å². The molecule has 17 heavy (non-hydrogen) atoms. The van der Waals surface area contributed by atoms with Gasteiger partial charge in [0.25, 0.3) is 0 Å². The Balaban J connectivity index is 2.01. The fourth-order valence-corrected chi connectivity index (χ4v) is 2.24. The van der Waals surface area contributed by atoms with Gasteiger partial charge in [0.05, 0.1) is 6.54 Å². The first kappa shape index (κ1) is 12.1. The van der Waals surface area contributed by atoms with Crippen LogP contribution >= 0.6 is 0 Å². The largest absolute Gasteiger partial charge is 0.369 e. The Bertz CT molecular complexity index is 373. The molecule has 1 aromatic carbocycles. The molecule has 0 saturated heterocycles. The molecule has 1 aromatic rings. The summed E-state index contributed by atoms with van der Waals surface area (Å²) in [5.41, 5.74) is 6.56. The van der Waals surface area contributed by atoms with Crippen molar-refractivity contribution in [2.24, 2.45) is 11.7 Å². The van der Waals surface area contributed by atoms with E-state index in [1.807, 2.05) is 18.2 Å². The lowest BCUT2D eigenvalue weighted by Gasteiger charge is -2.28. The average Bonchev–Trinajstić information content (AvgIpc) is 3.12. The van der Waals surface area contributed by atoms with Gasteiger partial charge in [0.2, 0.25) is 5.91 Å². The number of hydrogen-bond donors (Lipinski definition) is 1. The van der Waals surface area contributed by atoms with Crippen molar-refractivity contribution in [3.63, 3.8) is 0 Å². The zero-order valence-corrected chi connectivity index (χ0v) is 10.3. The Kier molecular flexibility index (Phi) is 3.79. The van der Waals surface area contributed by atoms with Gasteiger partial charge in [-0.05, 0) is 31.2 Å². The van der Waals surface area contributed by atoms with Gasteiger partial charge >= 0.3 is 0 Å². The highest BCUT2D eigenvalue weighted by Gasteiger charge is 2.32. The van der Waals surface area contributed by atoms with Crippen LogP contribution in [0.1, 0.15) is 25.3 Å². The Labute approximate surface area is 103 Å². The molecule has 0 bridgehead atoms. The molecule has 0 radical (unpaired) electrons. The molecule has 1 aliphatic rings. The van der Waals surface area contributed by atoms with Crippen LogP contribution in [0.15, 0.2) is 30.3 Å². The van der Waals surface area contributed by atoms with E-state index < -0.39 is 0 Å². The maximum Gasteiger partial charge on any atom is 0.231 e. The molecule has 92 valence electrons. The van der Waals surface area contributed by atoms with Gasteiger partial charge in [-0.2, -0.15) is 0 Å². The highest BCUT2D eigenvalue weighted by molar-refractivity contribution is 5.75. The van der Waals surface area contributed by atoms with Gasteiger partial charge in [-0.15, -0.1) is 0 Å². The zero-order valence-electron chi connectivity index (χ0n) is 10.3. The second kappa shape index (κ2) is 5.32. The van der Waals surface area contributed by atoms with E-state index in [-0.39, 0.29) is 5.91 Å². The molecule has 0 spiro atoms. The van der Waals surface area contributed by atoms with Crippen molar-refractivity contribution >= 4 is 5.91 Å². The summed E-state index contributed by atoms with van der Waals surface area (Å²) < 4.78 is 0. The molecule has 1 aliphatic carbocycles. The minimum atomic E-state index is -0.242. The first-order valence-electron chi connectivity index (χ1n) is 6.23. The van der Waals surface area contributed by atoms with Crippen LogP contribution in [-0.4, -0.2) is 23.4 Å². The first-order valence-corrected chi connectivity index (χ1v) is 6.23. The Morgan fingerprint density at radius 3 is 2.59 bits per heavy atom. The molecule has 0 aliphatic heterocycles. The van der Waals surface area contributed by atoms with E-state index in [9.17, 15) is 4.79 Å². The van der Waals surface area contributed by atoms with Crippen LogP contribution in [-0.2, 0) is 11.3 Å². The van der Waals surface area contributed by atoms with Crippen LogP contribution in [0.4, 0.5) is 0 Å². The molecule has 2 rings (SSSR count). The van der Waals surface area contributed by atoms with Crippen molar-refractivity contribution in [3.8, 4) is 0 Å². The van der Waals surface area contributed by atoms with Crippen molar-refractivity contribution in [2.75, 3.05) is 6.54 Å². The molecule has 1 atom stereocenters. The van der Waals surface area contributed by atoms with Gasteiger partial charge in [0.15, 0.2) is 0 Å². The summed E-state index contributed by atoms with van der Waals surface area (Å²) in [6.45, 7) is 3.36. The normalized spacial score (nSPS) is 17.1. The highest BCUT2D eigenvalue weighted by atomic mass is 16.1. The summed E-state index contributed by atoms with van der Waals surface area (Å²) in [5, 5.41) is 0. The summed E-state index contributed by atoms with van der Waals surface area (Å²) in [6, 6.07) is 10.7. The molecule has 3 heteroatoms. The van der Waals surface area contributed by atoms with Gasteiger partial charge in [-0.1, -0.05) is 30.3 Å². The minimum absolute atomic E-state index is 0.242. The molecule has 1 amide bonds. The molecular weight excluding hydrogens is 212 g/mol. The summed E-state index contributed by atoms with van der Waals surface area (Å²) in [7, 11) is 0. The fourth-order valence-electron chi connectivity index (χ4n) is 2.24. The van der Waals surface area contributed by atoms with E-state index >= 15 is 0 Å². The monoisotopic (exact) mass is 232 g/mol. The summed E-state index contributed by atoms with van der Waals surface area (Å²) in [4.78, 5) is 13.3. The number of nitrogens with two attached hydrogens (primary N) is 1. The third-order valence-electron chi connectivity index (χ3n) is 3.47. The predicted octanol–water partition coefficient (Wildman–Crippen LogP) is 1.77. The maximum absolute atomic E-state index is 11.1. The SMILES string of the molecule is C[C@@H](C1CC1)N(CC(N)=O)Cc1ccccc1. The van der Waals surface area contributed by atoms with Gasteiger partial charge in [-0.3, -0.25) is 9.69 Å². The van der Waals surface area contributed by atoms with Gasteiger partial charge in [-0.25, -0.2) is 0 Å². The zero-order chi connectivity index (χ0) is 12.3. The smallest absolute Gasteiger partial charge is 0.231 e. The van der Waals surface area contributed by atoms with Crippen molar-refractivity contribution in [1.29, 1.82) is 0 Å². The molecule has 1 fully saturated rings. The van der Waals surface area contributed by atoms with E-state index in [1.54, 1.807) is 0 Å². The topological polar surface area (TPSA) is 46.3 Å². The van der Waals surface area contributed by atoms with Crippen LogP contribution < -0.4 is 5.73 Å². The van der Waals surface area contributed by atoms with E-state index in [2.05, 4.69) is 24.0 Å². The fraction of sp³-hybridized carbons (Fsp3) is 0.500. The molecule has 3 nitrogen and oxygen atoms in total. The number of primary amides is 1. The second-order valence-corrected chi connectivity index (χ2v) is 4.93. The van der Waals surface area contributed by atoms with Gasteiger partial charge < -0.3 is 5.73 Å². The second-order valence-electron chi connectivity index (χ2n) is 4.93. The molecule has 0 aromatic heterocycles. The first-order chi connectivity index (χ1) is 8.16. The maximum atomic E-state index is 11.1. The lowest BCUT2D eigenvalue weighted by Crippen LogP contribution is -2.40. The standard InChI is InChI=1S/C14H20N2O/c1-11(13-7-8-13)16(10-14(15)17)9-12-5-3-2-4-6-12/h2-6,11,13H,7-10H2,1H3,(H2,15,17)/t11-/m0/s1. The summed E-state index contributed by atoms with van der Waals surface area (Å²) >= 11 is 0. The molecule has 0 unspecified atom stereocenters. The van der Waals surface area contributed by atoms with Gasteiger partial charge in [0, 0.05) is 12.6 Å². The van der Waals surface area contributed by atoms with Crippen molar-refractivity contribution < 1.29 is 4.79 Å². The quantitative estimate of drug-likeness (QED) is 0.812. The molecule has 2 N–H and O–H groups in total. The van der Waals surface area contributed by atoms with Crippen LogP contribution in [0.3, 0.4) is 0 Å². The lowest BCUT2D eigenvalue weighted by atomic mass is 10.1. The number of amides is 1. The van der Waals surface area contributed by atoms with Crippen molar-refractivity contribution in [3.05, 3.63) is 35.9 Å². The summed E-state index contributed by atoms with van der Waals surface area (Å²) in [6.07, 6.45) is 2.57. The van der Waals surface area contributed by atoms with E-state index in [1.165, 1.54) is 18.4 Å². The number of carbonyl (C=O) groups excluding carboxylic acids is 1. The third-order valence-corrected chi connectivity index (χ3v) is 3.47. The van der Waals surface area contributed by atoms with Crippen LogP contribution in [0, 0.1) is 5.92 Å². The van der Waals surface area contributed by atoms with Gasteiger partial charge in [0.1, 0.15) is 0 Å². The predicted molar refractivity (Wildman–Crippen MR) is 68.2 cm³/mol. The van der Waals surface area contributed by atoms with Crippen molar-refractivity contribution in [2.45, 2.75) is 32.4 Å². The van der Waals surface area contributed by atoms with E-state index in [0.29, 0.717) is 12.6 Å². The number of carbonyl (C=O) groups is 1. The lowest BCUT2D eigenvalue weighted by molar-refractivity contribution is -0.119. The average molecular weight is 232 g/mol. The number of benzene rings is 1. The Hall–Kier alpha value is -1.35. The molecule has 0 heterocycles. The highest BCUT2D eigenvalue weighted by Crippen LogP contribution is 2.35. The molecule has 1 saturated carbocycles.